The zero-order valence-electron chi connectivity index (χ0n) is 14.1. The van der Waals surface area contributed by atoms with Crippen LogP contribution in [0, 0.1) is 29.9 Å². The van der Waals surface area contributed by atoms with Crippen LogP contribution in [0.5, 0.6) is 0 Å². The molecule has 0 amide bonds. The Morgan fingerprint density at radius 3 is 2.64 bits per heavy atom. The van der Waals surface area contributed by atoms with Crippen molar-refractivity contribution >= 4 is 27.3 Å². The van der Waals surface area contributed by atoms with Crippen LogP contribution >= 0.6 is 15.9 Å². The lowest BCUT2D eigenvalue weighted by atomic mass is 9.75. The fourth-order valence-electron chi connectivity index (χ4n) is 4.18. The van der Waals surface area contributed by atoms with Gasteiger partial charge in [0, 0.05) is 22.5 Å². The Kier molecular flexibility index (Phi) is 3.91. The second-order valence-electron chi connectivity index (χ2n) is 6.91. The highest BCUT2D eigenvalue weighted by Crippen LogP contribution is 2.53. The number of non-ortho nitro benzene ring substituents is 1. The van der Waals surface area contributed by atoms with Gasteiger partial charge in [0.05, 0.1) is 16.7 Å². The van der Waals surface area contributed by atoms with Gasteiger partial charge in [-0.15, -0.1) is 0 Å². The van der Waals surface area contributed by atoms with Crippen LogP contribution in [0.4, 0.5) is 11.4 Å². The largest absolute Gasteiger partial charge is 0.377 e. The van der Waals surface area contributed by atoms with E-state index in [4.69, 9.17) is 0 Å². The second kappa shape index (κ2) is 5.99. The van der Waals surface area contributed by atoms with Crippen LogP contribution in [0.1, 0.15) is 40.6 Å². The molecule has 0 aromatic heterocycles. The van der Waals surface area contributed by atoms with E-state index in [-0.39, 0.29) is 16.7 Å². The molecule has 2 aliphatic rings. The summed E-state index contributed by atoms with van der Waals surface area (Å²) in [5.41, 5.74) is 6.39. The lowest BCUT2D eigenvalue weighted by Crippen LogP contribution is -2.30. The van der Waals surface area contributed by atoms with E-state index >= 15 is 0 Å². The topological polar surface area (TPSA) is 55.2 Å². The van der Waals surface area contributed by atoms with Crippen molar-refractivity contribution in [1.29, 1.82) is 0 Å². The normalized spacial score (nSPS) is 23.7. The summed E-state index contributed by atoms with van der Waals surface area (Å²) in [4.78, 5) is 10.6. The average molecular weight is 399 g/mol. The zero-order chi connectivity index (χ0) is 17.7. The van der Waals surface area contributed by atoms with E-state index in [9.17, 15) is 10.1 Å². The summed E-state index contributed by atoms with van der Waals surface area (Å²) in [5, 5.41) is 14.6. The highest BCUT2D eigenvalue weighted by Gasteiger charge is 2.39. The number of nitro benzene ring substituents is 1. The molecule has 4 rings (SSSR count). The molecule has 0 radical (unpaired) electrons. The number of nitrogens with zero attached hydrogens (tertiary/aromatic N) is 1. The third-order valence-electron chi connectivity index (χ3n) is 5.58. The Balaban J connectivity index is 1.80. The molecule has 1 heterocycles. The van der Waals surface area contributed by atoms with Crippen LogP contribution in [0.2, 0.25) is 0 Å². The van der Waals surface area contributed by atoms with Crippen molar-refractivity contribution in [2.75, 3.05) is 5.32 Å². The van der Waals surface area contributed by atoms with Crippen molar-refractivity contribution in [2.45, 2.75) is 32.2 Å². The molecular formula is C20H19BrN2O2. The molecule has 0 bridgehead atoms. The third-order valence-corrected chi connectivity index (χ3v) is 6.21. The maximum atomic E-state index is 10.9. The number of allylic oxidation sites excluding steroid dienone is 2. The van der Waals surface area contributed by atoms with Crippen LogP contribution in [-0.2, 0) is 0 Å². The molecule has 2 aromatic carbocycles. The van der Waals surface area contributed by atoms with E-state index in [1.807, 2.05) is 12.1 Å². The van der Waals surface area contributed by atoms with Gasteiger partial charge in [0.2, 0.25) is 0 Å². The van der Waals surface area contributed by atoms with E-state index < -0.39 is 0 Å². The summed E-state index contributed by atoms with van der Waals surface area (Å²) in [5.74, 6) is 0.814. The minimum atomic E-state index is -0.351. The van der Waals surface area contributed by atoms with Gasteiger partial charge in [0.25, 0.3) is 5.69 Å². The molecule has 0 spiro atoms. The SMILES string of the molecule is Cc1cc(Br)c2c(c1C)[C@@H]1C=CC[C@@H]1[C@H](c1ccc([N+](=O)[O-])cc1)N2. The molecular weight excluding hydrogens is 380 g/mol. The Hall–Kier alpha value is -2.14. The summed E-state index contributed by atoms with van der Waals surface area (Å²) >= 11 is 3.72. The summed E-state index contributed by atoms with van der Waals surface area (Å²) < 4.78 is 1.08. The number of fused-ring (bicyclic) bond motifs is 3. The van der Waals surface area contributed by atoms with Crippen LogP contribution < -0.4 is 5.32 Å². The van der Waals surface area contributed by atoms with Crippen molar-refractivity contribution in [2.24, 2.45) is 5.92 Å². The summed E-state index contributed by atoms with van der Waals surface area (Å²) in [6.07, 6.45) is 5.60. The van der Waals surface area contributed by atoms with Gasteiger partial charge >= 0.3 is 0 Å². The van der Waals surface area contributed by atoms with Gasteiger partial charge in [-0.05, 0) is 70.4 Å². The fourth-order valence-corrected chi connectivity index (χ4v) is 4.86. The number of rotatable bonds is 2. The van der Waals surface area contributed by atoms with Crippen molar-refractivity contribution in [3.8, 4) is 0 Å². The van der Waals surface area contributed by atoms with Crippen molar-refractivity contribution in [3.05, 3.63) is 79.3 Å². The predicted molar refractivity (Wildman–Crippen MR) is 103 cm³/mol. The van der Waals surface area contributed by atoms with Gasteiger partial charge in [-0.25, -0.2) is 0 Å². The van der Waals surface area contributed by atoms with Gasteiger partial charge in [0.15, 0.2) is 0 Å². The monoisotopic (exact) mass is 398 g/mol. The average Bonchev–Trinajstić information content (AvgIpc) is 3.08. The van der Waals surface area contributed by atoms with E-state index in [2.05, 4.69) is 53.3 Å². The molecule has 0 unspecified atom stereocenters. The summed E-state index contributed by atoms with van der Waals surface area (Å²) in [6, 6.07) is 9.26. The molecule has 4 nitrogen and oxygen atoms in total. The molecule has 0 saturated carbocycles. The smallest absolute Gasteiger partial charge is 0.269 e. The summed E-state index contributed by atoms with van der Waals surface area (Å²) in [6.45, 7) is 4.34. The number of halogens is 1. The Morgan fingerprint density at radius 1 is 1.24 bits per heavy atom. The van der Waals surface area contributed by atoms with E-state index in [0.717, 1.165) is 22.1 Å². The standard InChI is InChI=1S/C20H19BrN2O2/c1-11-10-17(21)20-18(12(11)2)15-4-3-5-16(15)19(22-20)13-6-8-14(9-7-13)23(24)25/h3-4,6-10,15-16,19,22H,5H2,1-2H3/t15-,16+,19+/m1/s1. The quantitative estimate of drug-likeness (QED) is 0.395. The summed E-state index contributed by atoms with van der Waals surface area (Å²) in [7, 11) is 0. The van der Waals surface area contributed by atoms with Gasteiger partial charge in [-0.3, -0.25) is 10.1 Å². The number of benzene rings is 2. The number of aryl methyl sites for hydroxylation is 1. The molecule has 0 fully saturated rings. The first-order chi connectivity index (χ1) is 12.0. The maximum absolute atomic E-state index is 10.9. The minimum Gasteiger partial charge on any atom is -0.377 e. The fraction of sp³-hybridized carbons (Fsp3) is 0.300. The molecule has 128 valence electrons. The highest BCUT2D eigenvalue weighted by atomic mass is 79.9. The van der Waals surface area contributed by atoms with Crippen LogP contribution in [-0.4, -0.2) is 4.92 Å². The van der Waals surface area contributed by atoms with Crippen molar-refractivity contribution in [1.82, 2.24) is 0 Å². The van der Waals surface area contributed by atoms with Crippen molar-refractivity contribution in [3.63, 3.8) is 0 Å². The number of anilines is 1. The minimum absolute atomic E-state index is 0.133. The van der Waals surface area contributed by atoms with E-state index in [0.29, 0.717) is 11.8 Å². The van der Waals surface area contributed by atoms with Crippen molar-refractivity contribution < 1.29 is 4.92 Å². The highest BCUT2D eigenvalue weighted by molar-refractivity contribution is 9.10. The molecule has 1 N–H and O–H groups in total. The molecule has 1 aliphatic carbocycles. The number of hydrogen-bond acceptors (Lipinski definition) is 3. The molecule has 1 aliphatic heterocycles. The molecule has 5 heteroatoms. The van der Waals surface area contributed by atoms with Gasteiger partial charge in [0.1, 0.15) is 0 Å². The Bertz CT molecular complexity index is 890. The first-order valence-corrected chi connectivity index (χ1v) is 9.24. The van der Waals surface area contributed by atoms with Crippen LogP contribution in [0.15, 0.2) is 47.0 Å². The van der Waals surface area contributed by atoms with E-state index in [1.54, 1.807) is 12.1 Å². The Labute approximate surface area is 155 Å². The molecule has 2 aromatic rings. The molecule has 25 heavy (non-hydrogen) atoms. The predicted octanol–water partition coefficient (Wildman–Crippen LogP) is 5.80. The van der Waals surface area contributed by atoms with E-state index in [1.165, 1.54) is 16.7 Å². The number of nitro groups is 1. The number of nitrogens with one attached hydrogen (secondary N) is 1. The lowest BCUT2D eigenvalue weighted by Gasteiger charge is -2.39. The van der Waals surface area contributed by atoms with Gasteiger partial charge < -0.3 is 5.32 Å². The number of hydrogen-bond donors (Lipinski definition) is 1. The molecule has 0 saturated heterocycles. The Morgan fingerprint density at radius 2 is 1.96 bits per heavy atom. The molecule has 3 atom stereocenters. The second-order valence-corrected chi connectivity index (χ2v) is 7.77. The maximum Gasteiger partial charge on any atom is 0.269 e. The van der Waals surface area contributed by atoms with Gasteiger partial charge in [-0.1, -0.05) is 24.3 Å². The van der Waals surface area contributed by atoms with Gasteiger partial charge in [-0.2, -0.15) is 0 Å². The lowest BCUT2D eigenvalue weighted by molar-refractivity contribution is -0.384. The van der Waals surface area contributed by atoms with Crippen LogP contribution in [0.3, 0.4) is 0 Å². The van der Waals surface area contributed by atoms with Crippen LogP contribution in [0.25, 0.3) is 0 Å². The zero-order valence-corrected chi connectivity index (χ0v) is 15.7. The first-order valence-electron chi connectivity index (χ1n) is 8.44. The first kappa shape index (κ1) is 16.3. The third kappa shape index (κ3) is 2.58.